The lowest BCUT2D eigenvalue weighted by Crippen LogP contribution is -2.38. The molecule has 2 aromatic heterocycles. The molecule has 0 radical (unpaired) electrons. The Morgan fingerprint density at radius 1 is 1.20 bits per heavy atom. The van der Waals surface area contributed by atoms with E-state index in [1.54, 1.807) is 18.0 Å². The van der Waals surface area contributed by atoms with E-state index in [9.17, 15) is 36.7 Å². The molecule has 3 aromatic rings. The Kier molecular flexibility index (Phi) is 9.22. The fraction of sp³-hybridized carbons (Fsp3) is 0.400. The Balaban J connectivity index is 1.85. The number of fused-ring (bicyclic) bond motifs is 1. The topological polar surface area (TPSA) is 99.6 Å². The van der Waals surface area contributed by atoms with Gasteiger partial charge in [0.25, 0.3) is 0 Å². The van der Waals surface area contributed by atoms with Crippen LogP contribution in [0.3, 0.4) is 0 Å². The highest BCUT2D eigenvalue weighted by Crippen LogP contribution is 2.40. The summed E-state index contributed by atoms with van der Waals surface area (Å²) < 4.78 is 86.5. The Labute approximate surface area is 249 Å². The minimum Gasteiger partial charge on any atom is -0.481 e. The summed E-state index contributed by atoms with van der Waals surface area (Å²) in [6.07, 6.45) is -4.61. The molecule has 1 N–H and O–H groups in total. The van der Waals surface area contributed by atoms with Gasteiger partial charge in [-0.25, -0.2) is 9.97 Å². The van der Waals surface area contributed by atoms with Gasteiger partial charge >= 0.3 is 12.4 Å². The summed E-state index contributed by atoms with van der Waals surface area (Å²) in [5, 5.41) is 22.8. The monoisotopic (exact) mass is 620 g/mol. The van der Waals surface area contributed by atoms with Gasteiger partial charge in [-0.15, -0.1) is 0 Å². The summed E-state index contributed by atoms with van der Waals surface area (Å²) in [5.74, 6) is -1.25. The van der Waals surface area contributed by atoms with Crippen LogP contribution in [0, 0.1) is 17.2 Å². The number of methoxy groups -OCH3 is 1. The summed E-state index contributed by atoms with van der Waals surface area (Å²) in [7, 11) is 2.98. The Hall–Kier alpha value is -4.22. The van der Waals surface area contributed by atoms with Crippen molar-refractivity contribution >= 4 is 17.6 Å². The van der Waals surface area contributed by atoms with Gasteiger partial charge in [-0.2, -0.15) is 31.6 Å². The van der Waals surface area contributed by atoms with Gasteiger partial charge in [0.2, 0.25) is 5.88 Å². The number of imidazole rings is 1. The average Bonchev–Trinajstić information content (AvgIpc) is 3.41. The predicted octanol–water partition coefficient (Wildman–Crippen LogP) is 5.95. The lowest BCUT2D eigenvalue weighted by molar-refractivity contribution is -0.185. The molecule has 8 nitrogen and oxygen atoms in total. The fourth-order valence-electron chi connectivity index (χ4n) is 5.44. The number of aromatic nitrogens is 3. The quantitative estimate of drug-likeness (QED) is 0.190. The smallest absolute Gasteiger partial charge is 0.433 e. The van der Waals surface area contributed by atoms with Gasteiger partial charge in [0.15, 0.2) is 5.60 Å². The highest BCUT2D eigenvalue weighted by atomic mass is 19.4. The number of aliphatic hydroxyl groups is 1. The lowest BCUT2D eigenvalue weighted by Gasteiger charge is -2.33. The van der Waals surface area contributed by atoms with Gasteiger partial charge in [-0.05, 0) is 68.9 Å². The fourth-order valence-corrected chi connectivity index (χ4v) is 5.44. The second kappa shape index (κ2) is 12.4. The highest BCUT2D eigenvalue weighted by molar-refractivity contribution is 5.88. The first-order valence-electron chi connectivity index (χ1n) is 13.5. The summed E-state index contributed by atoms with van der Waals surface area (Å²) in [6.45, 7) is 4.84. The van der Waals surface area contributed by atoms with Gasteiger partial charge in [0, 0.05) is 24.5 Å². The molecule has 3 heterocycles. The number of nitriles is 1. The second-order valence-electron chi connectivity index (χ2n) is 10.6. The number of aryl methyl sites for hydroxylation is 1. The van der Waals surface area contributed by atoms with Crippen molar-refractivity contribution in [2.24, 2.45) is 18.0 Å². The number of hydrogen-bond acceptors (Lipinski definition) is 7. The van der Waals surface area contributed by atoms with E-state index < -0.39 is 29.6 Å². The molecule has 44 heavy (non-hydrogen) atoms. The molecular formula is C30H30F6N6O2. The molecule has 0 spiro atoms. The van der Waals surface area contributed by atoms with Crippen molar-refractivity contribution in [1.29, 1.82) is 5.26 Å². The van der Waals surface area contributed by atoms with Crippen LogP contribution in [-0.4, -0.2) is 63.8 Å². The highest BCUT2D eigenvalue weighted by Gasteiger charge is 2.41. The number of ether oxygens (including phenoxy) is 1. The van der Waals surface area contributed by atoms with Crippen LogP contribution in [0.5, 0.6) is 5.88 Å². The number of halogens is 6. The van der Waals surface area contributed by atoms with Gasteiger partial charge in [0.1, 0.15) is 11.8 Å². The van der Waals surface area contributed by atoms with Crippen molar-refractivity contribution in [3.05, 3.63) is 76.5 Å². The standard InChI is InChI=1S/C30H30F6N6O2/c1-18(5-8-25(38-2)30(34,35)36)28(43,26-15-39-17-41(26)3)20-6-7-24-21(13-20)22(14-37)23(27(40-24)44-4)16-42-11-9-19(10-12-42)29(31,32)33/h5-8,13,15,17,19,43H,2,9-12,16H2,1,3-4H3/b18-5+,25-8-. The third kappa shape index (κ3) is 6.34. The maximum absolute atomic E-state index is 13.3. The predicted molar refractivity (Wildman–Crippen MR) is 151 cm³/mol. The summed E-state index contributed by atoms with van der Waals surface area (Å²) in [6, 6.07) is 6.75. The van der Waals surface area contributed by atoms with Crippen LogP contribution >= 0.6 is 0 Å². The van der Waals surface area contributed by atoms with Gasteiger partial charge < -0.3 is 14.4 Å². The molecular weight excluding hydrogens is 590 g/mol. The van der Waals surface area contributed by atoms with Crippen molar-refractivity contribution in [3.63, 3.8) is 0 Å². The SMILES string of the molecule is C=N/C(=C\C=C(/C)C(O)(c1ccc2nc(OC)c(CN3CCC(C(F)(F)F)CC3)c(C#N)c2c1)c1cncn1C)C(F)(F)F. The zero-order chi connectivity index (χ0) is 32.4. The second-order valence-corrected chi connectivity index (χ2v) is 10.6. The maximum Gasteiger partial charge on any atom is 0.433 e. The largest absolute Gasteiger partial charge is 0.481 e. The van der Waals surface area contributed by atoms with Crippen molar-refractivity contribution in [1.82, 2.24) is 19.4 Å². The normalized spacial score (nSPS) is 17.4. The molecule has 1 unspecified atom stereocenters. The molecule has 234 valence electrons. The number of aliphatic imine (C=N–C) groups is 1. The summed E-state index contributed by atoms with van der Waals surface area (Å²) in [5.41, 5.74) is -1.89. The number of pyridine rings is 1. The van der Waals surface area contributed by atoms with E-state index in [0.717, 1.165) is 6.08 Å². The molecule has 0 bridgehead atoms. The van der Waals surface area contributed by atoms with Crippen molar-refractivity contribution in [2.75, 3.05) is 20.2 Å². The number of allylic oxidation sites excluding steroid dienone is 3. The number of hydrogen-bond donors (Lipinski definition) is 1. The minimum absolute atomic E-state index is 0.0753. The molecule has 4 rings (SSSR count). The molecule has 1 aromatic carbocycles. The van der Waals surface area contributed by atoms with E-state index in [0.29, 0.717) is 22.5 Å². The number of benzene rings is 1. The minimum atomic E-state index is -4.77. The number of rotatable bonds is 8. The van der Waals surface area contributed by atoms with E-state index in [1.165, 1.54) is 43.3 Å². The molecule has 1 aliphatic heterocycles. The van der Waals surface area contributed by atoms with Crippen LogP contribution < -0.4 is 4.74 Å². The zero-order valence-electron chi connectivity index (χ0n) is 24.2. The first-order chi connectivity index (χ1) is 20.6. The van der Waals surface area contributed by atoms with Gasteiger partial charge in [-0.3, -0.25) is 9.89 Å². The zero-order valence-corrected chi connectivity index (χ0v) is 24.2. The molecule has 1 fully saturated rings. The number of likely N-dealkylation sites (tertiary alicyclic amines) is 1. The van der Waals surface area contributed by atoms with Crippen LogP contribution in [0.2, 0.25) is 0 Å². The number of piperidine rings is 1. The third-order valence-electron chi connectivity index (χ3n) is 7.91. The number of alkyl halides is 6. The van der Waals surface area contributed by atoms with Crippen LogP contribution in [0.15, 0.2) is 59.1 Å². The Morgan fingerprint density at radius 2 is 1.89 bits per heavy atom. The Bertz CT molecular complexity index is 1640. The van der Waals surface area contributed by atoms with Crippen molar-refractivity contribution in [3.8, 4) is 11.9 Å². The first kappa shape index (κ1) is 32.7. The van der Waals surface area contributed by atoms with Crippen molar-refractivity contribution in [2.45, 2.75) is 44.3 Å². The maximum atomic E-state index is 13.3. The molecule has 14 heteroatoms. The average molecular weight is 621 g/mol. The molecule has 0 aliphatic carbocycles. The Morgan fingerprint density at radius 3 is 2.41 bits per heavy atom. The third-order valence-corrected chi connectivity index (χ3v) is 7.91. The van der Waals surface area contributed by atoms with Crippen molar-refractivity contribution < 1.29 is 36.2 Å². The molecule has 0 saturated carbocycles. The van der Waals surface area contributed by atoms with E-state index in [2.05, 4.69) is 27.7 Å². The summed E-state index contributed by atoms with van der Waals surface area (Å²) >= 11 is 0. The van der Waals surface area contributed by atoms with E-state index in [1.807, 2.05) is 0 Å². The van der Waals surface area contributed by atoms with Gasteiger partial charge in [0.05, 0.1) is 42.3 Å². The van der Waals surface area contributed by atoms with E-state index in [-0.39, 0.29) is 60.7 Å². The lowest BCUT2D eigenvalue weighted by atomic mass is 9.82. The molecule has 1 atom stereocenters. The van der Waals surface area contributed by atoms with Gasteiger partial charge in [-0.1, -0.05) is 12.1 Å². The van der Waals surface area contributed by atoms with E-state index >= 15 is 0 Å². The van der Waals surface area contributed by atoms with Crippen LogP contribution in [0.4, 0.5) is 26.3 Å². The van der Waals surface area contributed by atoms with Crippen LogP contribution in [0.25, 0.3) is 10.9 Å². The number of nitrogens with zero attached hydrogens (tertiary/aromatic N) is 6. The summed E-state index contributed by atoms with van der Waals surface area (Å²) in [4.78, 5) is 13.4. The molecule has 1 saturated heterocycles. The van der Waals surface area contributed by atoms with Crippen LogP contribution in [0.1, 0.15) is 42.1 Å². The van der Waals surface area contributed by atoms with Crippen LogP contribution in [-0.2, 0) is 19.2 Å². The molecule has 1 aliphatic rings. The van der Waals surface area contributed by atoms with E-state index in [4.69, 9.17) is 4.74 Å². The first-order valence-corrected chi connectivity index (χ1v) is 13.5. The molecule has 0 amide bonds.